The molecular weight excluding hydrogens is 399 g/mol. The van der Waals surface area contributed by atoms with E-state index in [1.165, 1.54) is 12.1 Å². The summed E-state index contributed by atoms with van der Waals surface area (Å²) in [5.41, 5.74) is 1.72. The number of halogens is 1. The number of likely N-dealkylation sites (tertiary alicyclic amines) is 1. The van der Waals surface area contributed by atoms with Gasteiger partial charge in [-0.25, -0.2) is 9.18 Å². The maximum Gasteiger partial charge on any atom is 0.405 e. The molecule has 2 aromatic carbocycles. The summed E-state index contributed by atoms with van der Waals surface area (Å²) in [5.74, 6) is -0.703. The van der Waals surface area contributed by atoms with Crippen LogP contribution in [-0.4, -0.2) is 46.7 Å². The van der Waals surface area contributed by atoms with Gasteiger partial charge in [0.2, 0.25) is 5.91 Å². The molecule has 6 nitrogen and oxygen atoms in total. The Balaban J connectivity index is 1.70. The van der Waals surface area contributed by atoms with Crippen LogP contribution < -0.4 is 5.32 Å². The van der Waals surface area contributed by atoms with Gasteiger partial charge in [0, 0.05) is 19.0 Å². The fourth-order valence-corrected chi connectivity index (χ4v) is 3.87. The molecule has 0 bridgehead atoms. The summed E-state index contributed by atoms with van der Waals surface area (Å²) in [6.45, 7) is 4.61. The first-order valence-electron chi connectivity index (χ1n) is 10.3. The molecule has 164 valence electrons. The van der Waals surface area contributed by atoms with Crippen molar-refractivity contribution in [1.82, 2.24) is 10.2 Å². The van der Waals surface area contributed by atoms with Gasteiger partial charge >= 0.3 is 6.09 Å². The molecule has 1 aliphatic rings. The third-order valence-corrected chi connectivity index (χ3v) is 5.38. The van der Waals surface area contributed by atoms with Crippen molar-refractivity contribution in [3.63, 3.8) is 0 Å². The number of amides is 2. The van der Waals surface area contributed by atoms with Crippen molar-refractivity contribution in [3.8, 4) is 0 Å². The number of rotatable bonds is 9. The summed E-state index contributed by atoms with van der Waals surface area (Å²) < 4.78 is 19.2. The fourth-order valence-electron chi connectivity index (χ4n) is 3.87. The third-order valence-electron chi connectivity index (χ3n) is 5.38. The van der Waals surface area contributed by atoms with E-state index < -0.39 is 12.1 Å². The average Bonchev–Trinajstić information content (AvgIpc) is 3.16. The molecule has 0 radical (unpaired) electrons. The number of carbonyl (C=O) groups is 2. The Kier molecular flexibility index (Phi) is 7.78. The predicted molar refractivity (Wildman–Crippen MR) is 115 cm³/mol. The van der Waals surface area contributed by atoms with Crippen LogP contribution in [0.2, 0.25) is 0 Å². The Morgan fingerprint density at radius 1 is 1.19 bits per heavy atom. The highest BCUT2D eigenvalue weighted by atomic mass is 19.1. The van der Waals surface area contributed by atoms with E-state index in [0.29, 0.717) is 31.6 Å². The summed E-state index contributed by atoms with van der Waals surface area (Å²) in [6.07, 6.45) is 1.71. The zero-order valence-electron chi connectivity index (χ0n) is 17.2. The van der Waals surface area contributed by atoms with Gasteiger partial charge in [0.05, 0.1) is 12.7 Å². The molecule has 0 spiro atoms. The topological polar surface area (TPSA) is 78.9 Å². The molecule has 0 aliphatic carbocycles. The second-order valence-corrected chi connectivity index (χ2v) is 7.66. The van der Waals surface area contributed by atoms with Crippen LogP contribution in [0.3, 0.4) is 0 Å². The van der Waals surface area contributed by atoms with E-state index in [9.17, 15) is 19.1 Å². The lowest BCUT2D eigenvalue weighted by Gasteiger charge is -2.28. The van der Waals surface area contributed by atoms with E-state index >= 15 is 0 Å². The molecule has 1 fully saturated rings. The highest BCUT2D eigenvalue weighted by molar-refractivity contribution is 5.86. The quantitative estimate of drug-likeness (QED) is 0.599. The third kappa shape index (κ3) is 6.39. The highest BCUT2D eigenvalue weighted by Gasteiger charge is 2.38. The van der Waals surface area contributed by atoms with Crippen molar-refractivity contribution in [3.05, 3.63) is 84.2 Å². The van der Waals surface area contributed by atoms with Crippen LogP contribution in [0.5, 0.6) is 0 Å². The Morgan fingerprint density at radius 3 is 2.55 bits per heavy atom. The van der Waals surface area contributed by atoms with Crippen LogP contribution in [0, 0.1) is 5.82 Å². The molecule has 1 aliphatic heterocycles. The van der Waals surface area contributed by atoms with Gasteiger partial charge in [-0.2, -0.15) is 0 Å². The van der Waals surface area contributed by atoms with E-state index in [0.717, 1.165) is 5.56 Å². The van der Waals surface area contributed by atoms with Crippen molar-refractivity contribution < 1.29 is 23.8 Å². The monoisotopic (exact) mass is 426 g/mol. The smallest absolute Gasteiger partial charge is 0.405 e. The first-order valence-corrected chi connectivity index (χ1v) is 10.3. The molecule has 2 N–H and O–H groups in total. The van der Waals surface area contributed by atoms with E-state index in [2.05, 4.69) is 11.9 Å². The second kappa shape index (κ2) is 10.7. The predicted octanol–water partition coefficient (Wildman–Crippen LogP) is 3.77. The normalized spacial score (nSPS) is 19.1. The number of hydrogen-bond acceptors (Lipinski definition) is 3. The molecule has 1 saturated heterocycles. The highest BCUT2D eigenvalue weighted by Crippen LogP contribution is 2.25. The van der Waals surface area contributed by atoms with Crippen LogP contribution in [0.1, 0.15) is 24.0 Å². The molecule has 1 heterocycles. The van der Waals surface area contributed by atoms with Gasteiger partial charge in [0.15, 0.2) is 0 Å². The second-order valence-electron chi connectivity index (χ2n) is 7.66. The van der Waals surface area contributed by atoms with E-state index in [1.807, 2.05) is 30.3 Å². The fraction of sp³-hybridized carbons (Fsp3) is 0.333. The minimum absolute atomic E-state index is 0.114. The van der Waals surface area contributed by atoms with Crippen LogP contribution in [0.15, 0.2) is 67.3 Å². The van der Waals surface area contributed by atoms with Crippen molar-refractivity contribution in [2.75, 3.05) is 6.54 Å². The molecule has 3 atom stereocenters. The average molecular weight is 426 g/mol. The summed E-state index contributed by atoms with van der Waals surface area (Å²) in [4.78, 5) is 26.3. The molecule has 31 heavy (non-hydrogen) atoms. The van der Waals surface area contributed by atoms with Crippen molar-refractivity contribution in [1.29, 1.82) is 0 Å². The minimum Gasteiger partial charge on any atom is -0.465 e. The zero-order valence-corrected chi connectivity index (χ0v) is 17.2. The summed E-state index contributed by atoms with van der Waals surface area (Å²) in [5, 5.41) is 11.6. The van der Waals surface area contributed by atoms with Gasteiger partial charge in [0.1, 0.15) is 11.9 Å². The van der Waals surface area contributed by atoms with E-state index in [-0.39, 0.29) is 30.3 Å². The van der Waals surface area contributed by atoms with Crippen LogP contribution in [0.4, 0.5) is 9.18 Å². The summed E-state index contributed by atoms with van der Waals surface area (Å²) >= 11 is 0. The molecule has 2 aromatic rings. The van der Waals surface area contributed by atoms with Gasteiger partial charge < -0.3 is 20.1 Å². The molecule has 3 unspecified atom stereocenters. The molecule has 0 saturated carbocycles. The van der Waals surface area contributed by atoms with Gasteiger partial charge in [-0.1, -0.05) is 48.5 Å². The lowest BCUT2D eigenvalue weighted by atomic mass is 10.0. The number of carbonyl (C=O) groups excluding carboxylic acids is 1. The van der Waals surface area contributed by atoms with Crippen molar-refractivity contribution in [2.45, 2.75) is 44.1 Å². The molecule has 0 aromatic heterocycles. The molecule has 3 rings (SSSR count). The van der Waals surface area contributed by atoms with Crippen LogP contribution >= 0.6 is 0 Å². The minimum atomic E-state index is -1.28. The van der Waals surface area contributed by atoms with Crippen LogP contribution in [0.25, 0.3) is 0 Å². The van der Waals surface area contributed by atoms with Crippen molar-refractivity contribution in [2.24, 2.45) is 0 Å². The van der Waals surface area contributed by atoms with Crippen LogP contribution in [-0.2, 0) is 22.6 Å². The van der Waals surface area contributed by atoms with Gasteiger partial charge in [-0.3, -0.25) is 4.79 Å². The molecule has 2 amide bonds. The first kappa shape index (κ1) is 22.5. The van der Waals surface area contributed by atoms with E-state index in [4.69, 9.17) is 4.74 Å². The number of benzene rings is 2. The molecule has 7 heteroatoms. The van der Waals surface area contributed by atoms with Gasteiger partial charge in [-0.15, -0.1) is 6.58 Å². The van der Waals surface area contributed by atoms with Crippen molar-refractivity contribution >= 4 is 12.0 Å². The largest absolute Gasteiger partial charge is 0.465 e. The Morgan fingerprint density at radius 2 is 1.90 bits per heavy atom. The number of hydrogen-bond donors (Lipinski definition) is 2. The number of nitrogens with one attached hydrogen (secondary N) is 1. The number of ether oxygens (including phenoxy) is 1. The lowest BCUT2D eigenvalue weighted by molar-refractivity contribution is -0.134. The summed E-state index contributed by atoms with van der Waals surface area (Å²) in [6, 6.07) is 14.4. The van der Waals surface area contributed by atoms with Gasteiger partial charge in [-0.05, 0) is 36.1 Å². The SMILES string of the molecule is C=CCC1CC(OCc2ccccc2)CN1C(=O)C(Cc1ccc(F)cc1)NC(=O)O. The van der Waals surface area contributed by atoms with Gasteiger partial charge in [0.25, 0.3) is 0 Å². The maximum atomic E-state index is 13.3. The Hall–Kier alpha value is -3.19. The number of nitrogens with zero attached hydrogens (tertiary/aromatic N) is 1. The zero-order chi connectivity index (χ0) is 22.2. The van der Waals surface area contributed by atoms with E-state index in [1.54, 1.807) is 23.1 Å². The summed E-state index contributed by atoms with van der Waals surface area (Å²) in [7, 11) is 0. The number of carboxylic acid groups (broad SMARTS) is 1. The first-order chi connectivity index (χ1) is 15.0. The molecular formula is C24H27FN2O4. The lowest BCUT2D eigenvalue weighted by Crippen LogP contribution is -2.51. The maximum absolute atomic E-state index is 13.3. The Labute approximate surface area is 181 Å². The Bertz CT molecular complexity index is 888. The standard InChI is InChI=1S/C24H27FN2O4/c1-2-6-20-14-21(31-16-18-7-4-3-5-8-18)15-27(20)23(28)22(26-24(29)30)13-17-9-11-19(25)12-10-17/h2-5,7-12,20-22,26H,1,6,13-16H2,(H,29,30).